The molecule has 1 saturated carbocycles. The summed E-state index contributed by atoms with van der Waals surface area (Å²) in [6, 6.07) is 3.75. The summed E-state index contributed by atoms with van der Waals surface area (Å²) >= 11 is 0. The minimum absolute atomic E-state index is 0. The van der Waals surface area contributed by atoms with Crippen molar-refractivity contribution in [1.29, 1.82) is 0 Å². The predicted molar refractivity (Wildman–Crippen MR) is 115 cm³/mol. The third-order valence-corrected chi connectivity index (χ3v) is 6.06. The minimum atomic E-state index is -0.844. The molecular weight excluding hydrogens is 403 g/mol. The van der Waals surface area contributed by atoms with Gasteiger partial charge in [-0.05, 0) is 13.0 Å². The van der Waals surface area contributed by atoms with Crippen LogP contribution in [0, 0.1) is 5.41 Å². The second-order valence-corrected chi connectivity index (χ2v) is 7.67. The van der Waals surface area contributed by atoms with E-state index in [9.17, 15) is 4.79 Å². The zero-order valence-electron chi connectivity index (χ0n) is 17.0. The van der Waals surface area contributed by atoms with Crippen LogP contribution in [0.15, 0.2) is 18.3 Å². The number of hydrogen-bond acceptors (Lipinski definition) is 6. The Bertz CT molecular complexity index is 668. The van der Waals surface area contributed by atoms with Gasteiger partial charge in [0.2, 0.25) is 5.91 Å². The van der Waals surface area contributed by atoms with Crippen LogP contribution in [0.4, 0.5) is 5.82 Å². The first-order valence-electron chi connectivity index (χ1n) is 9.28. The lowest BCUT2D eigenvalue weighted by molar-refractivity contribution is -0.179. The van der Waals surface area contributed by atoms with Crippen molar-refractivity contribution in [3.8, 4) is 5.75 Å². The second-order valence-electron chi connectivity index (χ2n) is 7.67. The molecule has 2 unspecified atom stereocenters. The van der Waals surface area contributed by atoms with Gasteiger partial charge in [-0.15, -0.1) is 24.8 Å². The maximum Gasteiger partial charge on any atom is 0.243 e. The van der Waals surface area contributed by atoms with Gasteiger partial charge in [0.15, 0.2) is 0 Å². The van der Waals surface area contributed by atoms with Crippen molar-refractivity contribution in [2.45, 2.75) is 38.8 Å². The van der Waals surface area contributed by atoms with Gasteiger partial charge in [0.05, 0.1) is 13.2 Å². The second kappa shape index (κ2) is 9.48. The monoisotopic (exact) mass is 434 g/mol. The third kappa shape index (κ3) is 4.17. The number of pyridine rings is 1. The molecular formula is C19H32Cl2N4O3. The number of ether oxygens (including phenoxy) is 2. The van der Waals surface area contributed by atoms with Crippen LogP contribution in [0.25, 0.3) is 0 Å². The Morgan fingerprint density at radius 1 is 1.29 bits per heavy atom. The first kappa shape index (κ1) is 24.8. The maximum atomic E-state index is 13.1. The van der Waals surface area contributed by atoms with Crippen molar-refractivity contribution in [2.75, 3.05) is 44.8 Å². The Kier molecular flexibility index (Phi) is 8.38. The normalized spacial score (nSPS) is 25.8. The van der Waals surface area contributed by atoms with E-state index >= 15 is 0 Å². The highest BCUT2D eigenvalue weighted by Crippen LogP contribution is 2.50. The van der Waals surface area contributed by atoms with Gasteiger partial charge in [-0.2, -0.15) is 0 Å². The number of piperazine rings is 1. The summed E-state index contributed by atoms with van der Waals surface area (Å²) < 4.78 is 11.0. The number of hydrogen-bond donors (Lipinski definition) is 1. The van der Waals surface area contributed by atoms with Crippen molar-refractivity contribution >= 4 is 36.5 Å². The molecule has 9 heteroatoms. The Morgan fingerprint density at radius 3 is 2.46 bits per heavy atom. The number of halogens is 2. The largest absolute Gasteiger partial charge is 0.497 e. The summed E-state index contributed by atoms with van der Waals surface area (Å²) in [4.78, 5) is 21.6. The van der Waals surface area contributed by atoms with E-state index in [0.717, 1.165) is 24.7 Å². The molecule has 1 aliphatic carbocycles. The standard InChI is InChI=1S/C19H30N4O3.2ClH/c1-5-26-15-13-19(20,18(15,2)3)17(24)23-10-8-22(9-11-23)16-12-14(25-4)6-7-21-16;;/h6-7,12,15H,5,8-11,13,20H2,1-4H3;2*1H. The van der Waals surface area contributed by atoms with Crippen LogP contribution in [0.1, 0.15) is 27.2 Å². The van der Waals surface area contributed by atoms with Gasteiger partial charge in [-0.25, -0.2) is 4.98 Å². The highest BCUT2D eigenvalue weighted by Gasteiger charge is 2.63. The molecule has 1 saturated heterocycles. The molecule has 2 atom stereocenters. The van der Waals surface area contributed by atoms with Crippen LogP contribution in [-0.2, 0) is 9.53 Å². The van der Waals surface area contributed by atoms with E-state index in [1.165, 1.54) is 0 Å². The Morgan fingerprint density at radius 2 is 1.93 bits per heavy atom. The topological polar surface area (TPSA) is 80.9 Å². The molecule has 1 aliphatic heterocycles. The summed E-state index contributed by atoms with van der Waals surface area (Å²) in [5, 5.41) is 0. The van der Waals surface area contributed by atoms with Crippen LogP contribution in [0.3, 0.4) is 0 Å². The number of nitrogens with two attached hydrogens (primary N) is 1. The van der Waals surface area contributed by atoms with Crippen molar-refractivity contribution in [1.82, 2.24) is 9.88 Å². The van der Waals surface area contributed by atoms with Crippen molar-refractivity contribution in [3.63, 3.8) is 0 Å². The molecule has 0 spiro atoms. The van der Waals surface area contributed by atoms with Crippen LogP contribution in [0.2, 0.25) is 0 Å². The number of methoxy groups -OCH3 is 1. The fourth-order valence-electron chi connectivity index (χ4n) is 3.92. The number of amides is 1. The molecule has 160 valence electrons. The first-order chi connectivity index (χ1) is 12.3. The predicted octanol–water partition coefficient (Wildman–Crippen LogP) is 2.11. The van der Waals surface area contributed by atoms with E-state index in [0.29, 0.717) is 26.1 Å². The van der Waals surface area contributed by atoms with E-state index in [-0.39, 0.29) is 42.2 Å². The van der Waals surface area contributed by atoms with Gasteiger partial charge in [0.1, 0.15) is 17.1 Å². The number of carbonyl (C=O) groups is 1. The molecule has 2 heterocycles. The average molecular weight is 435 g/mol. The van der Waals surface area contributed by atoms with Gasteiger partial charge < -0.3 is 25.0 Å². The smallest absolute Gasteiger partial charge is 0.243 e. The Balaban J connectivity index is 0.00000196. The van der Waals surface area contributed by atoms with Gasteiger partial charge in [0.25, 0.3) is 0 Å². The molecule has 1 aromatic heterocycles. The molecule has 1 amide bonds. The van der Waals surface area contributed by atoms with Crippen LogP contribution in [0.5, 0.6) is 5.75 Å². The fourth-order valence-corrected chi connectivity index (χ4v) is 3.92. The van der Waals surface area contributed by atoms with Crippen molar-refractivity contribution < 1.29 is 14.3 Å². The SMILES string of the molecule is CCOC1CC(N)(C(=O)N2CCN(c3cc(OC)ccn3)CC2)C1(C)C.Cl.Cl. The zero-order valence-corrected chi connectivity index (χ0v) is 18.6. The molecule has 2 N–H and O–H groups in total. The Labute approximate surface area is 179 Å². The van der Waals surface area contributed by atoms with Crippen molar-refractivity contribution in [2.24, 2.45) is 11.1 Å². The van der Waals surface area contributed by atoms with E-state index in [2.05, 4.69) is 9.88 Å². The van der Waals surface area contributed by atoms with Crippen LogP contribution < -0.4 is 15.4 Å². The summed E-state index contributed by atoms with van der Waals surface area (Å²) in [6.07, 6.45) is 2.37. The number of nitrogens with zero attached hydrogens (tertiary/aromatic N) is 3. The lowest BCUT2D eigenvalue weighted by Gasteiger charge is -2.59. The quantitative estimate of drug-likeness (QED) is 0.763. The van der Waals surface area contributed by atoms with E-state index in [4.69, 9.17) is 15.2 Å². The van der Waals surface area contributed by atoms with Gasteiger partial charge in [-0.1, -0.05) is 13.8 Å². The molecule has 2 fully saturated rings. The minimum Gasteiger partial charge on any atom is -0.497 e. The lowest BCUT2D eigenvalue weighted by atomic mass is 9.54. The molecule has 2 aliphatic rings. The van der Waals surface area contributed by atoms with Gasteiger partial charge in [0, 0.05) is 56.9 Å². The van der Waals surface area contributed by atoms with E-state index in [1.807, 2.05) is 37.8 Å². The zero-order chi connectivity index (χ0) is 18.9. The maximum absolute atomic E-state index is 13.1. The lowest BCUT2D eigenvalue weighted by Crippen LogP contribution is -2.76. The summed E-state index contributed by atoms with van der Waals surface area (Å²) in [5.41, 5.74) is 5.35. The van der Waals surface area contributed by atoms with Gasteiger partial charge in [-0.3, -0.25) is 4.79 Å². The fraction of sp³-hybridized carbons (Fsp3) is 0.684. The van der Waals surface area contributed by atoms with Crippen LogP contribution in [-0.4, -0.2) is 67.3 Å². The molecule has 0 bridgehead atoms. The molecule has 7 nitrogen and oxygen atoms in total. The van der Waals surface area contributed by atoms with Crippen LogP contribution >= 0.6 is 24.8 Å². The highest BCUT2D eigenvalue weighted by molar-refractivity contribution is 5.89. The first-order valence-corrected chi connectivity index (χ1v) is 9.28. The molecule has 1 aromatic rings. The molecule has 0 aromatic carbocycles. The summed E-state index contributed by atoms with van der Waals surface area (Å²) in [5.74, 6) is 1.70. The third-order valence-electron chi connectivity index (χ3n) is 6.06. The summed E-state index contributed by atoms with van der Waals surface area (Å²) in [7, 11) is 1.65. The highest BCUT2D eigenvalue weighted by atomic mass is 35.5. The summed E-state index contributed by atoms with van der Waals surface area (Å²) in [6.45, 7) is 9.44. The average Bonchev–Trinajstić information content (AvgIpc) is 2.67. The molecule has 3 rings (SSSR count). The van der Waals surface area contributed by atoms with E-state index in [1.54, 1.807) is 13.3 Å². The number of aromatic nitrogens is 1. The number of anilines is 1. The Hall–Kier alpha value is -1.28. The number of rotatable bonds is 5. The molecule has 28 heavy (non-hydrogen) atoms. The van der Waals surface area contributed by atoms with Crippen molar-refractivity contribution in [3.05, 3.63) is 18.3 Å². The van der Waals surface area contributed by atoms with E-state index < -0.39 is 5.54 Å². The van der Waals surface area contributed by atoms with Gasteiger partial charge >= 0.3 is 0 Å². The molecule has 0 radical (unpaired) electrons. The number of carbonyl (C=O) groups excluding carboxylic acids is 1.